The molecule has 0 saturated carbocycles. The van der Waals surface area contributed by atoms with Crippen LogP contribution in [0.25, 0.3) is 11.1 Å². The molecule has 4 rings (SSSR count). The molecule has 2 aliphatic rings. The van der Waals surface area contributed by atoms with Gasteiger partial charge in [-0.3, -0.25) is 4.90 Å². The minimum atomic E-state index is -0.482. The average Bonchev–Trinajstić information content (AvgIpc) is 3.03. The molecule has 1 aromatic carbocycles. The highest BCUT2D eigenvalue weighted by atomic mass is 79.9. The lowest BCUT2D eigenvalue weighted by Crippen LogP contribution is -2.63. The number of benzene rings is 1. The molecule has 2 unspecified atom stereocenters. The number of carbonyl (C=O) groups is 1. The molecule has 2 aliphatic heterocycles. The number of rotatable bonds is 2. The van der Waals surface area contributed by atoms with Crippen LogP contribution in [0.5, 0.6) is 0 Å². The maximum atomic E-state index is 12.8. The normalized spacial score (nSPS) is 22.6. The maximum absolute atomic E-state index is 12.8. The smallest absolute Gasteiger partial charge is 0.410 e. The predicted octanol–water partition coefficient (Wildman–Crippen LogP) is 5.29. The molecule has 8 heteroatoms. The lowest BCUT2D eigenvalue weighted by molar-refractivity contribution is -0.0102. The maximum Gasteiger partial charge on any atom is 0.410 e. The Morgan fingerprint density at radius 3 is 2.57 bits per heavy atom. The number of hydrogen-bond donors (Lipinski definition) is 0. The Balaban J connectivity index is 1.58. The Kier molecular flexibility index (Phi) is 5.29. The molecule has 6 nitrogen and oxygen atoms in total. The number of aromatic nitrogens is 1. The van der Waals surface area contributed by atoms with Gasteiger partial charge in [-0.1, -0.05) is 0 Å². The molecule has 3 heterocycles. The van der Waals surface area contributed by atoms with E-state index >= 15 is 0 Å². The molecule has 152 valence electrons. The first kappa shape index (κ1) is 19.9. The van der Waals surface area contributed by atoms with Gasteiger partial charge in [-0.25, -0.2) is 4.79 Å². The number of halogens is 1. The van der Waals surface area contributed by atoms with Crippen molar-refractivity contribution in [3.63, 3.8) is 0 Å². The van der Waals surface area contributed by atoms with Gasteiger partial charge >= 0.3 is 6.09 Å². The molecular weight excluding hydrogens is 442 g/mol. The monoisotopic (exact) mass is 467 g/mol. The van der Waals surface area contributed by atoms with E-state index in [2.05, 4.69) is 33.0 Å². The van der Waals surface area contributed by atoms with Crippen molar-refractivity contribution in [3.8, 4) is 0 Å². The fraction of sp³-hybridized carbons (Fsp3) is 0.600. The molecule has 0 aliphatic carbocycles. The third-order valence-electron chi connectivity index (χ3n) is 5.24. The molecule has 0 N–H and O–H groups in total. The van der Waals surface area contributed by atoms with Crippen molar-refractivity contribution >= 4 is 50.9 Å². The van der Waals surface area contributed by atoms with Crippen LogP contribution in [-0.2, 0) is 4.74 Å². The topological polar surface area (TPSA) is 58.8 Å². The molecule has 2 atom stereocenters. The van der Waals surface area contributed by atoms with Gasteiger partial charge in [0, 0.05) is 18.0 Å². The molecule has 28 heavy (non-hydrogen) atoms. The number of piperazine rings is 1. The summed E-state index contributed by atoms with van der Waals surface area (Å²) in [7, 11) is 0. The number of hydrogen-bond acceptors (Lipinski definition) is 6. The van der Waals surface area contributed by atoms with Gasteiger partial charge in [-0.05, 0) is 74.4 Å². The molecule has 2 bridgehead atoms. The SMILES string of the molecule is CSc1cc(Br)c2oc(N3CC4CCCC(C3)N4C(=O)OC(C)(C)C)nc2c1. The van der Waals surface area contributed by atoms with Gasteiger partial charge in [-0.15, -0.1) is 11.8 Å². The van der Waals surface area contributed by atoms with E-state index in [1.165, 1.54) is 0 Å². The highest BCUT2D eigenvalue weighted by Crippen LogP contribution is 2.36. The number of anilines is 1. The number of oxazole rings is 1. The highest BCUT2D eigenvalue weighted by Gasteiger charge is 2.43. The van der Waals surface area contributed by atoms with Gasteiger partial charge in [0.2, 0.25) is 0 Å². The quantitative estimate of drug-likeness (QED) is 0.559. The second-order valence-corrected chi connectivity index (χ2v) is 10.2. The van der Waals surface area contributed by atoms with E-state index in [1.807, 2.05) is 31.9 Å². The minimum absolute atomic E-state index is 0.127. The van der Waals surface area contributed by atoms with E-state index < -0.39 is 5.60 Å². The van der Waals surface area contributed by atoms with Crippen LogP contribution in [0.4, 0.5) is 10.8 Å². The lowest BCUT2D eigenvalue weighted by atomic mass is 9.92. The second kappa shape index (κ2) is 7.44. The summed E-state index contributed by atoms with van der Waals surface area (Å²) >= 11 is 5.28. The van der Waals surface area contributed by atoms with Crippen LogP contribution >= 0.6 is 27.7 Å². The van der Waals surface area contributed by atoms with Crippen molar-refractivity contribution in [3.05, 3.63) is 16.6 Å². The van der Waals surface area contributed by atoms with E-state index in [9.17, 15) is 4.79 Å². The van der Waals surface area contributed by atoms with E-state index in [-0.39, 0.29) is 18.2 Å². The van der Waals surface area contributed by atoms with Gasteiger partial charge < -0.3 is 14.1 Å². The van der Waals surface area contributed by atoms with Gasteiger partial charge in [0.25, 0.3) is 6.01 Å². The third kappa shape index (κ3) is 3.85. The van der Waals surface area contributed by atoms with Gasteiger partial charge in [0.15, 0.2) is 5.58 Å². The largest absolute Gasteiger partial charge is 0.444 e. The summed E-state index contributed by atoms with van der Waals surface area (Å²) < 4.78 is 12.7. The fourth-order valence-electron chi connectivity index (χ4n) is 4.09. The van der Waals surface area contributed by atoms with Gasteiger partial charge in [-0.2, -0.15) is 4.98 Å². The number of amides is 1. The summed E-state index contributed by atoms with van der Waals surface area (Å²) in [6.45, 7) is 7.17. The fourth-order valence-corrected chi connectivity index (χ4v) is 5.23. The number of fused-ring (bicyclic) bond motifs is 3. The first-order valence-corrected chi connectivity index (χ1v) is 11.7. The zero-order valence-corrected chi connectivity index (χ0v) is 19.1. The zero-order valence-electron chi connectivity index (χ0n) is 16.7. The molecule has 1 aromatic heterocycles. The highest BCUT2D eigenvalue weighted by molar-refractivity contribution is 9.10. The van der Waals surface area contributed by atoms with Crippen LogP contribution in [0.3, 0.4) is 0 Å². The number of ether oxygens (including phenoxy) is 1. The van der Waals surface area contributed by atoms with E-state index in [1.54, 1.807) is 11.8 Å². The number of thioether (sulfide) groups is 1. The predicted molar refractivity (Wildman–Crippen MR) is 115 cm³/mol. The summed E-state index contributed by atoms with van der Waals surface area (Å²) in [5, 5.41) is 0. The Hall–Kier alpha value is -1.41. The average molecular weight is 468 g/mol. The summed E-state index contributed by atoms with van der Waals surface area (Å²) in [6.07, 6.45) is 4.94. The molecule has 0 radical (unpaired) electrons. The molecule has 2 fully saturated rings. The Morgan fingerprint density at radius 1 is 1.29 bits per heavy atom. The van der Waals surface area contributed by atoms with E-state index in [0.717, 1.165) is 52.8 Å². The van der Waals surface area contributed by atoms with Crippen LogP contribution in [0.2, 0.25) is 0 Å². The van der Waals surface area contributed by atoms with Crippen LogP contribution in [0.15, 0.2) is 25.9 Å². The second-order valence-electron chi connectivity index (χ2n) is 8.49. The third-order valence-corrected chi connectivity index (χ3v) is 6.54. The standard InChI is InChI=1S/C20H26BrN3O3S/c1-20(2,3)27-19(25)24-12-6-5-7-13(24)11-23(10-12)18-22-16-9-14(28-4)8-15(21)17(16)26-18/h8-9,12-13H,5-7,10-11H2,1-4H3. The molecule has 2 saturated heterocycles. The summed E-state index contributed by atoms with van der Waals surface area (Å²) in [5.41, 5.74) is 1.14. The zero-order chi connectivity index (χ0) is 20.1. The van der Waals surface area contributed by atoms with Crippen LogP contribution in [0, 0.1) is 0 Å². The van der Waals surface area contributed by atoms with Crippen LogP contribution in [0.1, 0.15) is 40.0 Å². The Bertz CT molecular complexity index is 881. The van der Waals surface area contributed by atoms with Crippen molar-refractivity contribution in [2.45, 2.75) is 62.6 Å². The van der Waals surface area contributed by atoms with Crippen LogP contribution < -0.4 is 4.90 Å². The first-order valence-electron chi connectivity index (χ1n) is 9.65. The Morgan fingerprint density at radius 2 is 1.96 bits per heavy atom. The van der Waals surface area contributed by atoms with Crippen molar-refractivity contribution in [1.29, 1.82) is 0 Å². The van der Waals surface area contributed by atoms with Gasteiger partial charge in [0.1, 0.15) is 11.1 Å². The summed E-state index contributed by atoms with van der Waals surface area (Å²) in [4.78, 5) is 22.8. The summed E-state index contributed by atoms with van der Waals surface area (Å²) in [6, 6.07) is 4.99. The van der Waals surface area contributed by atoms with Gasteiger partial charge in [0.05, 0.1) is 16.6 Å². The van der Waals surface area contributed by atoms with E-state index in [0.29, 0.717) is 6.01 Å². The molecule has 1 amide bonds. The van der Waals surface area contributed by atoms with Crippen molar-refractivity contribution in [1.82, 2.24) is 9.88 Å². The van der Waals surface area contributed by atoms with E-state index in [4.69, 9.17) is 14.1 Å². The minimum Gasteiger partial charge on any atom is -0.444 e. The number of nitrogens with zero attached hydrogens (tertiary/aromatic N) is 3. The molecule has 2 aromatic rings. The Labute approximate surface area is 178 Å². The van der Waals surface area contributed by atoms with Crippen LogP contribution in [-0.4, -0.2) is 53.0 Å². The first-order chi connectivity index (χ1) is 13.2. The summed E-state index contributed by atoms with van der Waals surface area (Å²) in [5.74, 6) is 0. The van der Waals surface area contributed by atoms with Crippen molar-refractivity contribution < 1.29 is 13.9 Å². The van der Waals surface area contributed by atoms with Crippen molar-refractivity contribution in [2.75, 3.05) is 24.2 Å². The molecule has 0 spiro atoms. The number of piperidine rings is 1. The number of carbonyl (C=O) groups excluding carboxylic acids is 1. The molecular formula is C20H26BrN3O3S. The van der Waals surface area contributed by atoms with Crippen molar-refractivity contribution in [2.24, 2.45) is 0 Å². The lowest BCUT2D eigenvalue weighted by Gasteiger charge is -2.49.